The first-order valence-electron chi connectivity index (χ1n) is 11.3. The average molecular weight is 499 g/mol. The summed E-state index contributed by atoms with van der Waals surface area (Å²) in [6, 6.07) is 15.2. The number of amides is 2. The van der Waals surface area contributed by atoms with Gasteiger partial charge in [0.15, 0.2) is 0 Å². The van der Waals surface area contributed by atoms with Crippen LogP contribution in [-0.2, 0) is 27.3 Å². The Bertz CT molecular complexity index is 1210. The van der Waals surface area contributed by atoms with Crippen molar-refractivity contribution in [3.63, 3.8) is 0 Å². The molecule has 3 aromatic rings. The Labute approximate surface area is 207 Å². The fourth-order valence-electron chi connectivity index (χ4n) is 4.43. The number of carbonyl (C=O) groups is 3. The molecule has 8 heteroatoms. The van der Waals surface area contributed by atoms with E-state index in [4.69, 9.17) is 16.7 Å². The first-order chi connectivity index (χ1) is 16.3. The van der Waals surface area contributed by atoms with Crippen molar-refractivity contribution in [1.29, 1.82) is 0 Å². The molecule has 2 heterocycles. The molecule has 1 aliphatic rings. The van der Waals surface area contributed by atoms with Crippen LogP contribution in [0.1, 0.15) is 37.3 Å². The van der Waals surface area contributed by atoms with Gasteiger partial charge in [0.05, 0.1) is 6.42 Å². The lowest BCUT2D eigenvalue weighted by molar-refractivity contribution is -0.164. The van der Waals surface area contributed by atoms with Crippen LogP contribution in [0.25, 0.3) is 10.1 Å². The van der Waals surface area contributed by atoms with Crippen LogP contribution in [0.2, 0.25) is 5.02 Å². The van der Waals surface area contributed by atoms with Gasteiger partial charge in [0.25, 0.3) is 0 Å². The molecule has 0 saturated carbocycles. The highest BCUT2D eigenvalue weighted by molar-refractivity contribution is 7.17. The summed E-state index contributed by atoms with van der Waals surface area (Å²) in [5, 5.41) is 12.7. The van der Waals surface area contributed by atoms with Gasteiger partial charge in [-0.3, -0.25) is 14.4 Å². The number of benzene rings is 2. The predicted molar refractivity (Wildman–Crippen MR) is 134 cm³/mol. The lowest BCUT2D eigenvalue weighted by atomic mass is 9.84. The van der Waals surface area contributed by atoms with Crippen LogP contribution in [0.5, 0.6) is 0 Å². The molecule has 1 aromatic heterocycles. The Morgan fingerprint density at radius 1 is 1.15 bits per heavy atom. The van der Waals surface area contributed by atoms with Crippen molar-refractivity contribution in [3.05, 3.63) is 70.1 Å². The standard InChI is InChI=1S/C26H27ClN2O4S/c1-26(12-14-29(26)23(30)15-19-17-34-22-6-3-2-5-21(19)22)25(33)28(13-4-7-24(31)32)16-18-8-10-20(27)11-9-18/h2-3,5-6,8-11,17H,4,7,12-16H2,1H3,(H,31,32). The summed E-state index contributed by atoms with van der Waals surface area (Å²) in [4.78, 5) is 41.3. The lowest BCUT2D eigenvalue weighted by Crippen LogP contribution is -2.68. The van der Waals surface area contributed by atoms with Gasteiger partial charge < -0.3 is 14.9 Å². The van der Waals surface area contributed by atoms with Crippen LogP contribution in [0, 0.1) is 0 Å². The fraction of sp³-hybridized carbons (Fsp3) is 0.346. The second-order valence-corrected chi connectivity index (χ2v) is 10.2. The van der Waals surface area contributed by atoms with Gasteiger partial charge in [-0.15, -0.1) is 11.3 Å². The Hall–Kier alpha value is -2.90. The zero-order valence-corrected chi connectivity index (χ0v) is 20.6. The summed E-state index contributed by atoms with van der Waals surface area (Å²) in [5.41, 5.74) is 0.948. The molecule has 0 radical (unpaired) electrons. The molecule has 178 valence electrons. The van der Waals surface area contributed by atoms with Crippen LogP contribution in [0.15, 0.2) is 53.9 Å². The number of nitrogens with zero attached hydrogens (tertiary/aromatic N) is 2. The van der Waals surface area contributed by atoms with Crippen molar-refractivity contribution < 1.29 is 19.5 Å². The molecule has 1 N–H and O–H groups in total. The summed E-state index contributed by atoms with van der Waals surface area (Å²) < 4.78 is 1.14. The Morgan fingerprint density at radius 2 is 1.88 bits per heavy atom. The number of fused-ring (bicyclic) bond motifs is 1. The molecule has 2 aromatic carbocycles. The number of carboxylic acid groups (broad SMARTS) is 1. The van der Waals surface area contributed by atoms with Gasteiger partial charge in [0.2, 0.25) is 11.8 Å². The van der Waals surface area contributed by atoms with E-state index in [0.29, 0.717) is 37.5 Å². The molecule has 6 nitrogen and oxygen atoms in total. The molecule has 1 atom stereocenters. The molecule has 1 unspecified atom stereocenters. The maximum Gasteiger partial charge on any atom is 0.303 e. The zero-order chi connectivity index (χ0) is 24.3. The van der Waals surface area contributed by atoms with Gasteiger partial charge in [0, 0.05) is 35.8 Å². The predicted octanol–water partition coefficient (Wildman–Crippen LogP) is 4.98. The average Bonchev–Trinajstić information content (AvgIpc) is 3.20. The Morgan fingerprint density at radius 3 is 2.56 bits per heavy atom. The molecular formula is C26H27ClN2O4S. The van der Waals surface area contributed by atoms with Gasteiger partial charge in [-0.25, -0.2) is 0 Å². The van der Waals surface area contributed by atoms with E-state index >= 15 is 0 Å². The van der Waals surface area contributed by atoms with Crippen molar-refractivity contribution in [1.82, 2.24) is 9.80 Å². The Kier molecular flexibility index (Phi) is 7.24. The van der Waals surface area contributed by atoms with Crippen LogP contribution in [-0.4, -0.2) is 51.3 Å². The monoisotopic (exact) mass is 498 g/mol. The van der Waals surface area contributed by atoms with Crippen LogP contribution < -0.4 is 0 Å². The van der Waals surface area contributed by atoms with Crippen LogP contribution >= 0.6 is 22.9 Å². The minimum atomic E-state index is -0.932. The number of halogens is 1. The largest absolute Gasteiger partial charge is 0.481 e. The fourth-order valence-corrected chi connectivity index (χ4v) is 5.52. The maximum atomic E-state index is 13.7. The summed E-state index contributed by atoms with van der Waals surface area (Å²) in [5.74, 6) is -1.11. The first kappa shape index (κ1) is 24.2. The number of rotatable bonds is 9. The zero-order valence-electron chi connectivity index (χ0n) is 19.0. The smallest absolute Gasteiger partial charge is 0.303 e. The molecule has 2 amide bonds. The molecule has 1 saturated heterocycles. The minimum absolute atomic E-state index is 0.0189. The van der Waals surface area contributed by atoms with Crippen molar-refractivity contribution in [2.45, 2.75) is 44.7 Å². The second-order valence-electron chi connectivity index (χ2n) is 8.85. The number of carboxylic acids is 1. The highest BCUT2D eigenvalue weighted by Crippen LogP contribution is 2.35. The third-order valence-electron chi connectivity index (χ3n) is 6.48. The van der Waals surface area contributed by atoms with Crippen molar-refractivity contribution in [2.75, 3.05) is 13.1 Å². The molecule has 34 heavy (non-hydrogen) atoms. The molecule has 0 aliphatic carbocycles. The third kappa shape index (κ3) is 5.10. The molecule has 0 bridgehead atoms. The van der Waals surface area contributed by atoms with Gasteiger partial charge >= 0.3 is 5.97 Å². The summed E-state index contributed by atoms with van der Waals surface area (Å²) in [6.07, 6.45) is 1.16. The van der Waals surface area contributed by atoms with E-state index in [1.54, 1.807) is 33.3 Å². The summed E-state index contributed by atoms with van der Waals surface area (Å²) >= 11 is 7.61. The Balaban J connectivity index is 1.50. The second kappa shape index (κ2) is 10.2. The highest BCUT2D eigenvalue weighted by atomic mass is 35.5. The van der Waals surface area contributed by atoms with E-state index in [2.05, 4.69) is 0 Å². The van der Waals surface area contributed by atoms with E-state index in [9.17, 15) is 14.4 Å². The number of likely N-dealkylation sites (tertiary alicyclic amines) is 1. The van der Waals surface area contributed by atoms with E-state index in [0.717, 1.165) is 21.2 Å². The number of hydrogen-bond acceptors (Lipinski definition) is 4. The molecule has 1 fully saturated rings. The maximum absolute atomic E-state index is 13.7. The highest BCUT2D eigenvalue weighted by Gasteiger charge is 2.50. The first-order valence-corrected chi connectivity index (χ1v) is 12.5. The number of carbonyl (C=O) groups excluding carboxylic acids is 2. The SMILES string of the molecule is CC1(C(=O)N(CCCC(=O)O)Cc2ccc(Cl)cc2)CCN1C(=O)Cc1csc2ccccc12. The summed E-state index contributed by atoms with van der Waals surface area (Å²) in [6.45, 7) is 2.99. The van der Waals surface area contributed by atoms with Gasteiger partial charge in [0.1, 0.15) is 5.54 Å². The summed E-state index contributed by atoms with van der Waals surface area (Å²) in [7, 11) is 0. The lowest BCUT2D eigenvalue weighted by Gasteiger charge is -2.51. The van der Waals surface area contributed by atoms with Crippen molar-refractivity contribution in [2.24, 2.45) is 0 Å². The number of thiophene rings is 1. The van der Waals surface area contributed by atoms with Crippen molar-refractivity contribution in [3.8, 4) is 0 Å². The minimum Gasteiger partial charge on any atom is -0.481 e. The van der Waals surface area contributed by atoms with Crippen LogP contribution in [0.3, 0.4) is 0 Å². The van der Waals surface area contributed by atoms with Gasteiger partial charge in [-0.05, 0) is 59.9 Å². The topological polar surface area (TPSA) is 77.9 Å². The third-order valence-corrected chi connectivity index (χ3v) is 7.74. The van der Waals surface area contributed by atoms with Gasteiger partial charge in [-0.2, -0.15) is 0 Å². The van der Waals surface area contributed by atoms with Crippen molar-refractivity contribution >= 4 is 50.8 Å². The quantitative estimate of drug-likeness (QED) is 0.451. The number of aliphatic carboxylic acids is 1. The molecule has 1 aliphatic heterocycles. The van der Waals surface area contributed by atoms with Crippen LogP contribution in [0.4, 0.5) is 0 Å². The van der Waals surface area contributed by atoms with E-state index in [1.807, 2.05) is 48.7 Å². The normalized spacial score (nSPS) is 17.4. The number of hydrogen-bond donors (Lipinski definition) is 1. The van der Waals surface area contributed by atoms with Gasteiger partial charge in [-0.1, -0.05) is 41.9 Å². The molecular weight excluding hydrogens is 472 g/mol. The molecule has 4 rings (SSSR count). The van der Waals surface area contributed by atoms with E-state index in [1.165, 1.54) is 0 Å². The van der Waals surface area contributed by atoms with E-state index in [-0.39, 0.29) is 24.7 Å². The molecule has 0 spiro atoms. The van der Waals surface area contributed by atoms with E-state index < -0.39 is 11.5 Å².